The zero-order valence-corrected chi connectivity index (χ0v) is 14.7. The molecule has 1 heterocycles. The van der Waals surface area contributed by atoms with E-state index in [1.165, 1.54) is 4.90 Å². The summed E-state index contributed by atoms with van der Waals surface area (Å²) in [4.78, 5) is 26.2. The highest BCUT2D eigenvalue weighted by Crippen LogP contribution is 2.21. The number of amides is 2. The van der Waals surface area contributed by atoms with Crippen LogP contribution in [0.5, 0.6) is 0 Å². The quantitative estimate of drug-likeness (QED) is 0.652. The number of alkyl carbamates (subject to hydrolysis) is 1. The molecule has 23 heavy (non-hydrogen) atoms. The van der Waals surface area contributed by atoms with Crippen molar-refractivity contribution in [2.75, 3.05) is 6.54 Å². The number of likely N-dealkylation sites (tertiary alicyclic amines) is 1. The second kappa shape index (κ2) is 8.01. The number of ether oxygens (including phenoxy) is 1. The molecule has 0 aromatic rings. The van der Waals surface area contributed by atoms with E-state index in [0.717, 1.165) is 6.42 Å². The monoisotopic (exact) mass is 328 g/mol. The predicted molar refractivity (Wildman–Crippen MR) is 87.5 cm³/mol. The van der Waals surface area contributed by atoms with Gasteiger partial charge in [0.25, 0.3) is 0 Å². The van der Waals surface area contributed by atoms with Crippen molar-refractivity contribution in [2.45, 2.75) is 71.5 Å². The maximum absolute atomic E-state index is 12.7. The van der Waals surface area contributed by atoms with Gasteiger partial charge in [0.2, 0.25) is 5.91 Å². The van der Waals surface area contributed by atoms with Crippen molar-refractivity contribution < 1.29 is 24.4 Å². The highest BCUT2D eigenvalue weighted by atomic mass is 16.6. The molecule has 0 spiro atoms. The summed E-state index contributed by atoms with van der Waals surface area (Å²) in [5.41, 5.74) is -0.646. The number of hydrogen-bond acceptors (Lipinski definition) is 5. The molecule has 1 saturated heterocycles. The molecule has 1 aliphatic rings. The van der Waals surface area contributed by atoms with Crippen LogP contribution >= 0.6 is 0 Å². The Morgan fingerprint density at radius 1 is 1.35 bits per heavy atom. The second-order valence-corrected chi connectivity index (χ2v) is 7.48. The minimum atomic E-state index is -1.57. The Bertz CT molecular complexity index is 423. The highest BCUT2D eigenvalue weighted by Gasteiger charge is 2.40. The summed E-state index contributed by atoms with van der Waals surface area (Å²) in [5.74, 6) is -0.711. The van der Waals surface area contributed by atoms with E-state index < -0.39 is 30.8 Å². The molecule has 0 aromatic carbocycles. The molecule has 2 atom stereocenters. The Morgan fingerprint density at radius 3 is 2.43 bits per heavy atom. The molecule has 2 amide bonds. The molecule has 8 heteroatoms. The summed E-state index contributed by atoms with van der Waals surface area (Å²) in [5, 5.41) is 21.5. The molecule has 7 nitrogen and oxygen atoms in total. The fourth-order valence-electron chi connectivity index (χ4n) is 2.72. The van der Waals surface area contributed by atoms with Crippen LogP contribution in [0.2, 0.25) is 0 Å². The van der Waals surface area contributed by atoms with Crippen LogP contribution in [0.3, 0.4) is 0 Å². The average molecular weight is 328 g/mol. The molecular formula is C15H29BN2O5. The number of carbonyl (C=O) groups excluding carboxylic acids is 2. The van der Waals surface area contributed by atoms with Crippen molar-refractivity contribution in [1.29, 1.82) is 0 Å². The van der Waals surface area contributed by atoms with Crippen LogP contribution in [-0.4, -0.2) is 58.2 Å². The molecule has 1 fully saturated rings. The van der Waals surface area contributed by atoms with Crippen LogP contribution in [0.4, 0.5) is 4.79 Å². The van der Waals surface area contributed by atoms with Gasteiger partial charge in [-0.25, -0.2) is 4.79 Å². The molecule has 1 aliphatic heterocycles. The van der Waals surface area contributed by atoms with Crippen LogP contribution in [0.25, 0.3) is 0 Å². The Kier molecular flexibility index (Phi) is 6.89. The third-order valence-electron chi connectivity index (χ3n) is 3.62. The largest absolute Gasteiger partial charge is 0.475 e. The third kappa shape index (κ3) is 6.39. The molecule has 0 aromatic heterocycles. The predicted octanol–water partition coefficient (Wildman–Crippen LogP) is 0.929. The van der Waals surface area contributed by atoms with E-state index in [0.29, 0.717) is 19.4 Å². The molecule has 0 aliphatic carbocycles. The van der Waals surface area contributed by atoms with E-state index in [1.54, 1.807) is 20.8 Å². The lowest BCUT2D eigenvalue weighted by Gasteiger charge is -2.30. The maximum Gasteiger partial charge on any atom is 0.475 e. The van der Waals surface area contributed by atoms with Crippen molar-refractivity contribution in [2.24, 2.45) is 5.92 Å². The van der Waals surface area contributed by atoms with E-state index >= 15 is 0 Å². The Balaban J connectivity index is 2.80. The third-order valence-corrected chi connectivity index (χ3v) is 3.62. The van der Waals surface area contributed by atoms with Gasteiger partial charge in [-0.1, -0.05) is 13.8 Å². The summed E-state index contributed by atoms with van der Waals surface area (Å²) in [6.07, 6.45) is 1.08. The number of nitrogens with one attached hydrogen (secondary N) is 1. The number of rotatable bonds is 5. The first-order chi connectivity index (χ1) is 10.5. The lowest BCUT2D eigenvalue weighted by molar-refractivity contribution is -0.133. The van der Waals surface area contributed by atoms with Gasteiger partial charge in [-0.05, 0) is 46.0 Å². The summed E-state index contributed by atoms with van der Waals surface area (Å²) in [7, 11) is -1.57. The van der Waals surface area contributed by atoms with Gasteiger partial charge < -0.3 is 25.0 Å². The van der Waals surface area contributed by atoms with Gasteiger partial charge in [0, 0.05) is 6.54 Å². The lowest BCUT2D eigenvalue weighted by Crippen LogP contribution is -2.54. The van der Waals surface area contributed by atoms with Gasteiger partial charge in [-0.2, -0.15) is 0 Å². The highest BCUT2D eigenvalue weighted by molar-refractivity contribution is 6.43. The summed E-state index contributed by atoms with van der Waals surface area (Å²) >= 11 is 0. The topological polar surface area (TPSA) is 99.1 Å². The maximum atomic E-state index is 12.7. The minimum absolute atomic E-state index is 0.194. The standard InChI is InChI=1S/C15H29BN2O5/c1-10(2)9-11(17-14(20)23-15(3,4)5)13(19)18-8-6-7-12(18)16(21)22/h10-12,21-22H,6-9H2,1-5H3,(H,17,20)/t11-,12-/m0/s1. The van der Waals surface area contributed by atoms with E-state index in [-0.39, 0.29) is 11.8 Å². The average Bonchev–Trinajstić information content (AvgIpc) is 2.83. The van der Waals surface area contributed by atoms with Crippen molar-refractivity contribution in [3.8, 4) is 0 Å². The van der Waals surface area contributed by atoms with Crippen LogP contribution in [0.1, 0.15) is 53.9 Å². The fraction of sp³-hybridized carbons (Fsp3) is 0.867. The van der Waals surface area contributed by atoms with E-state index in [1.807, 2.05) is 13.8 Å². The molecular weight excluding hydrogens is 299 g/mol. The zero-order valence-electron chi connectivity index (χ0n) is 14.7. The normalized spacial score (nSPS) is 19.7. The molecule has 0 bridgehead atoms. The van der Waals surface area contributed by atoms with Crippen LogP contribution < -0.4 is 5.32 Å². The van der Waals surface area contributed by atoms with Crippen molar-refractivity contribution in [3.63, 3.8) is 0 Å². The first-order valence-corrected chi connectivity index (χ1v) is 8.17. The molecule has 0 unspecified atom stereocenters. The van der Waals surface area contributed by atoms with E-state index in [4.69, 9.17) is 4.74 Å². The molecule has 3 N–H and O–H groups in total. The minimum Gasteiger partial charge on any atom is -0.444 e. The van der Waals surface area contributed by atoms with Gasteiger partial charge in [0.05, 0.1) is 5.94 Å². The van der Waals surface area contributed by atoms with Gasteiger partial charge >= 0.3 is 13.2 Å². The number of hydrogen-bond donors (Lipinski definition) is 3. The Hall–Kier alpha value is -1.28. The zero-order chi connectivity index (χ0) is 17.8. The molecule has 0 saturated carbocycles. The van der Waals surface area contributed by atoms with Crippen LogP contribution in [0, 0.1) is 5.92 Å². The van der Waals surface area contributed by atoms with Crippen molar-refractivity contribution in [1.82, 2.24) is 10.2 Å². The SMILES string of the molecule is CC(C)C[C@H](NC(=O)OC(C)(C)C)C(=O)N1CCC[C@H]1B(O)O. The lowest BCUT2D eigenvalue weighted by atomic mass is 9.77. The van der Waals surface area contributed by atoms with Gasteiger partial charge in [0.15, 0.2) is 0 Å². The Morgan fingerprint density at radius 2 is 1.96 bits per heavy atom. The van der Waals surface area contributed by atoms with Gasteiger partial charge in [-0.3, -0.25) is 4.79 Å². The van der Waals surface area contributed by atoms with Crippen molar-refractivity contribution in [3.05, 3.63) is 0 Å². The van der Waals surface area contributed by atoms with Crippen LogP contribution in [-0.2, 0) is 9.53 Å². The van der Waals surface area contributed by atoms with Crippen LogP contribution in [0.15, 0.2) is 0 Å². The summed E-state index contributed by atoms with van der Waals surface area (Å²) in [6.45, 7) is 9.64. The molecule has 1 rings (SSSR count). The Labute approximate surface area is 138 Å². The van der Waals surface area contributed by atoms with E-state index in [9.17, 15) is 19.6 Å². The van der Waals surface area contributed by atoms with Crippen molar-refractivity contribution >= 4 is 19.1 Å². The first kappa shape index (κ1) is 19.8. The smallest absolute Gasteiger partial charge is 0.444 e. The summed E-state index contributed by atoms with van der Waals surface area (Å²) in [6, 6.07) is -0.732. The summed E-state index contributed by atoms with van der Waals surface area (Å²) < 4.78 is 5.22. The van der Waals surface area contributed by atoms with E-state index in [2.05, 4.69) is 5.32 Å². The fourth-order valence-corrected chi connectivity index (χ4v) is 2.72. The number of nitrogens with zero attached hydrogens (tertiary/aromatic N) is 1. The van der Waals surface area contributed by atoms with Gasteiger partial charge in [-0.15, -0.1) is 0 Å². The molecule has 132 valence electrons. The first-order valence-electron chi connectivity index (χ1n) is 8.17. The number of carbonyl (C=O) groups is 2. The second-order valence-electron chi connectivity index (χ2n) is 7.48. The van der Waals surface area contributed by atoms with Gasteiger partial charge in [0.1, 0.15) is 11.6 Å². The molecule has 0 radical (unpaired) electrons.